The van der Waals surface area contributed by atoms with Crippen molar-refractivity contribution in [1.82, 2.24) is 4.72 Å². The molecule has 0 spiro atoms. The molecule has 7 heteroatoms. The number of hydrogen-bond acceptors (Lipinski definition) is 4. The van der Waals surface area contributed by atoms with E-state index >= 15 is 0 Å². The van der Waals surface area contributed by atoms with Gasteiger partial charge in [0.25, 0.3) is 0 Å². The van der Waals surface area contributed by atoms with Crippen LogP contribution in [0.1, 0.15) is 18.9 Å². The van der Waals surface area contributed by atoms with Crippen molar-refractivity contribution < 1.29 is 8.42 Å². The standard InChI is InChI=1S/C11H14ClN3O2S/c1-8(14)4-5-15-18(16,17)11-6-10(12)3-2-9(11)7-13/h2-3,6,8,15H,4-5,14H2,1H3. The summed E-state index contributed by atoms with van der Waals surface area (Å²) in [4.78, 5) is -0.109. The molecule has 0 heterocycles. The van der Waals surface area contributed by atoms with Gasteiger partial charge < -0.3 is 5.73 Å². The van der Waals surface area contributed by atoms with Gasteiger partial charge in [-0.1, -0.05) is 11.6 Å². The third-order valence-corrected chi connectivity index (χ3v) is 3.98. The number of nitrogens with two attached hydrogens (primary N) is 1. The molecule has 98 valence electrons. The first kappa shape index (κ1) is 14.9. The highest BCUT2D eigenvalue weighted by Gasteiger charge is 2.18. The Bertz CT molecular complexity index is 564. The number of nitriles is 1. The molecule has 0 aliphatic carbocycles. The van der Waals surface area contributed by atoms with E-state index in [1.54, 1.807) is 6.92 Å². The Morgan fingerprint density at radius 3 is 2.78 bits per heavy atom. The molecule has 1 rings (SSSR count). The van der Waals surface area contributed by atoms with Crippen LogP contribution < -0.4 is 10.5 Å². The van der Waals surface area contributed by atoms with E-state index in [0.717, 1.165) is 0 Å². The first-order valence-electron chi connectivity index (χ1n) is 5.31. The summed E-state index contributed by atoms with van der Waals surface area (Å²) in [6.45, 7) is 2.01. The molecule has 0 fully saturated rings. The van der Waals surface area contributed by atoms with Crippen molar-refractivity contribution in [3.8, 4) is 6.07 Å². The fraction of sp³-hybridized carbons (Fsp3) is 0.364. The topological polar surface area (TPSA) is 96.0 Å². The Kier molecular flexibility index (Phi) is 5.11. The summed E-state index contributed by atoms with van der Waals surface area (Å²) in [7, 11) is -3.73. The highest BCUT2D eigenvalue weighted by molar-refractivity contribution is 7.89. The molecule has 1 aromatic rings. The van der Waals surface area contributed by atoms with Gasteiger partial charge in [0.15, 0.2) is 0 Å². The molecule has 0 radical (unpaired) electrons. The maximum Gasteiger partial charge on any atom is 0.241 e. The van der Waals surface area contributed by atoms with Crippen molar-refractivity contribution in [3.05, 3.63) is 28.8 Å². The zero-order valence-corrected chi connectivity index (χ0v) is 11.4. The van der Waals surface area contributed by atoms with Crippen molar-refractivity contribution in [1.29, 1.82) is 5.26 Å². The van der Waals surface area contributed by atoms with Gasteiger partial charge in [0, 0.05) is 17.6 Å². The Morgan fingerprint density at radius 1 is 1.56 bits per heavy atom. The quantitative estimate of drug-likeness (QED) is 0.851. The molecule has 5 nitrogen and oxygen atoms in total. The van der Waals surface area contributed by atoms with Gasteiger partial charge in [-0.3, -0.25) is 0 Å². The molecule has 0 saturated carbocycles. The van der Waals surface area contributed by atoms with Crippen LogP contribution in [0.4, 0.5) is 0 Å². The summed E-state index contributed by atoms with van der Waals surface area (Å²) >= 11 is 5.74. The smallest absolute Gasteiger partial charge is 0.241 e. The Morgan fingerprint density at radius 2 is 2.22 bits per heavy atom. The van der Waals surface area contributed by atoms with Gasteiger partial charge in [0.1, 0.15) is 11.0 Å². The van der Waals surface area contributed by atoms with Crippen molar-refractivity contribution in [2.75, 3.05) is 6.54 Å². The molecule has 0 aliphatic rings. The summed E-state index contributed by atoms with van der Waals surface area (Å²) in [5.74, 6) is 0. The number of hydrogen-bond donors (Lipinski definition) is 2. The van der Waals surface area contributed by atoms with Crippen molar-refractivity contribution in [2.45, 2.75) is 24.3 Å². The SMILES string of the molecule is CC(N)CCNS(=O)(=O)c1cc(Cl)ccc1C#N. The van der Waals surface area contributed by atoms with Crippen LogP contribution in [0, 0.1) is 11.3 Å². The molecule has 0 aromatic heterocycles. The predicted octanol–water partition coefficient (Wildman–Crippen LogP) is 1.23. The van der Waals surface area contributed by atoms with Crippen LogP contribution in [0.25, 0.3) is 0 Å². The number of nitrogens with one attached hydrogen (secondary N) is 1. The molecular formula is C11H14ClN3O2S. The highest BCUT2D eigenvalue weighted by Crippen LogP contribution is 2.20. The minimum atomic E-state index is -3.73. The third-order valence-electron chi connectivity index (χ3n) is 2.25. The maximum absolute atomic E-state index is 12.0. The second-order valence-electron chi connectivity index (χ2n) is 3.92. The second-order valence-corrected chi connectivity index (χ2v) is 6.09. The van der Waals surface area contributed by atoms with E-state index in [1.807, 2.05) is 6.07 Å². The second kappa shape index (κ2) is 6.16. The largest absolute Gasteiger partial charge is 0.328 e. The Hall–Kier alpha value is -1.13. The number of halogens is 1. The van der Waals surface area contributed by atoms with Crippen LogP contribution >= 0.6 is 11.6 Å². The van der Waals surface area contributed by atoms with E-state index in [1.165, 1.54) is 18.2 Å². The third kappa shape index (κ3) is 3.96. The minimum Gasteiger partial charge on any atom is -0.328 e. The van der Waals surface area contributed by atoms with E-state index < -0.39 is 10.0 Å². The molecule has 0 amide bonds. The molecular weight excluding hydrogens is 274 g/mol. The van der Waals surface area contributed by atoms with E-state index in [-0.39, 0.29) is 28.1 Å². The van der Waals surface area contributed by atoms with E-state index in [2.05, 4.69) is 4.72 Å². The first-order chi connectivity index (χ1) is 8.36. The lowest BCUT2D eigenvalue weighted by molar-refractivity contribution is 0.571. The lowest BCUT2D eigenvalue weighted by atomic mass is 10.2. The number of benzene rings is 1. The van der Waals surface area contributed by atoms with Gasteiger partial charge in [0.05, 0.1) is 5.56 Å². The zero-order valence-electron chi connectivity index (χ0n) is 9.85. The summed E-state index contributed by atoms with van der Waals surface area (Å²) in [6, 6.07) is 5.84. The Labute approximate surface area is 112 Å². The van der Waals surface area contributed by atoms with Crippen LogP contribution in [0.5, 0.6) is 0 Å². The maximum atomic E-state index is 12.0. The average Bonchev–Trinajstić information content (AvgIpc) is 2.28. The van der Waals surface area contributed by atoms with Crippen LogP contribution in [-0.4, -0.2) is 21.0 Å². The molecule has 18 heavy (non-hydrogen) atoms. The fourth-order valence-electron chi connectivity index (χ4n) is 1.31. The highest BCUT2D eigenvalue weighted by atomic mass is 35.5. The van der Waals surface area contributed by atoms with E-state index in [9.17, 15) is 8.42 Å². The molecule has 0 bridgehead atoms. The van der Waals surface area contributed by atoms with E-state index in [4.69, 9.17) is 22.6 Å². The zero-order chi connectivity index (χ0) is 13.8. The van der Waals surface area contributed by atoms with Crippen molar-refractivity contribution in [2.24, 2.45) is 5.73 Å². The van der Waals surface area contributed by atoms with Crippen LogP contribution in [0.2, 0.25) is 5.02 Å². The number of rotatable bonds is 5. The number of sulfonamides is 1. The molecule has 3 N–H and O–H groups in total. The van der Waals surface area contributed by atoms with Crippen molar-refractivity contribution in [3.63, 3.8) is 0 Å². The van der Waals surface area contributed by atoms with Gasteiger partial charge in [0.2, 0.25) is 10.0 Å². The van der Waals surface area contributed by atoms with Crippen molar-refractivity contribution >= 4 is 21.6 Å². The summed E-state index contributed by atoms with van der Waals surface area (Å²) in [6.07, 6.45) is 0.516. The lowest BCUT2D eigenvalue weighted by Crippen LogP contribution is -2.29. The van der Waals surface area contributed by atoms with Gasteiger partial charge in [-0.15, -0.1) is 0 Å². The van der Waals surface area contributed by atoms with Crippen LogP contribution in [0.3, 0.4) is 0 Å². The van der Waals surface area contributed by atoms with Crippen LogP contribution in [-0.2, 0) is 10.0 Å². The minimum absolute atomic E-state index is 0.0627. The fourth-order valence-corrected chi connectivity index (χ4v) is 2.77. The average molecular weight is 288 g/mol. The molecule has 1 unspecified atom stereocenters. The monoisotopic (exact) mass is 287 g/mol. The predicted molar refractivity (Wildman–Crippen MR) is 69.6 cm³/mol. The first-order valence-corrected chi connectivity index (χ1v) is 7.18. The summed E-state index contributed by atoms with van der Waals surface area (Å²) in [5, 5.41) is 9.15. The molecule has 0 aliphatic heterocycles. The van der Waals surface area contributed by atoms with Gasteiger partial charge >= 0.3 is 0 Å². The summed E-state index contributed by atoms with van der Waals surface area (Å²) < 4.78 is 26.4. The van der Waals surface area contributed by atoms with E-state index in [0.29, 0.717) is 6.42 Å². The van der Waals surface area contributed by atoms with Gasteiger partial charge in [-0.2, -0.15) is 5.26 Å². The molecule has 1 aromatic carbocycles. The Balaban J connectivity index is 2.98. The summed E-state index contributed by atoms with van der Waals surface area (Å²) in [5.41, 5.74) is 5.60. The van der Waals surface area contributed by atoms with Gasteiger partial charge in [-0.05, 0) is 31.5 Å². The van der Waals surface area contributed by atoms with Gasteiger partial charge in [-0.25, -0.2) is 13.1 Å². The lowest BCUT2D eigenvalue weighted by Gasteiger charge is -2.09. The molecule has 1 atom stereocenters. The molecule has 0 saturated heterocycles. The number of nitrogens with zero attached hydrogens (tertiary/aromatic N) is 1. The normalized spacial score (nSPS) is 13.0. The van der Waals surface area contributed by atoms with Crippen LogP contribution in [0.15, 0.2) is 23.1 Å².